The molecule has 1 N–H and O–H groups in total. The van der Waals surface area contributed by atoms with E-state index >= 15 is 0 Å². The number of nitrogens with one attached hydrogen (secondary N) is 1. The monoisotopic (exact) mass is 465 g/mol. The lowest BCUT2D eigenvalue weighted by Crippen LogP contribution is -2.47. The minimum Gasteiger partial charge on any atom is -0.340 e. The van der Waals surface area contributed by atoms with Crippen molar-refractivity contribution in [1.29, 1.82) is 0 Å². The van der Waals surface area contributed by atoms with Crippen LogP contribution >= 0.6 is 0 Å². The smallest absolute Gasteiger partial charge is 0.240 e. The van der Waals surface area contributed by atoms with Gasteiger partial charge >= 0.3 is 0 Å². The number of hydrogen-bond acceptors (Lipinski definition) is 4. The predicted molar refractivity (Wildman–Crippen MR) is 124 cm³/mol. The van der Waals surface area contributed by atoms with Gasteiger partial charge in [0.25, 0.3) is 0 Å². The largest absolute Gasteiger partial charge is 0.340 e. The van der Waals surface area contributed by atoms with Crippen LogP contribution in [0.2, 0.25) is 0 Å². The maximum atomic E-state index is 13.1. The second kappa shape index (κ2) is 10.4. The second-order valence-electron chi connectivity index (χ2n) is 9.61. The van der Waals surface area contributed by atoms with Crippen LogP contribution in [0.25, 0.3) is 0 Å². The zero-order chi connectivity index (χ0) is 23.5. The summed E-state index contributed by atoms with van der Waals surface area (Å²) in [7, 11) is -1.63. The van der Waals surface area contributed by atoms with E-state index in [4.69, 9.17) is 0 Å². The number of amides is 1. The molecule has 1 aliphatic heterocycles. The van der Waals surface area contributed by atoms with Crippen molar-refractivity contribution in [2.75, 3.05) is 39.8 Å². The maximum absolute atomic E-state index is 13.1. The van der Waals surface area contributed by atoms with E-state index in [0.717, 1.165) is 50.3 Å². The lowest BCUT2D eigenvalue weighted by Gasteiger charge is -2.38. The second-order valence-corrected chi connectivity index (χ2v) is 11.4. The van der Waals surface area contributed by atoms with Crippen molar-refractivity contribution in [2.45, 2.75) is 38.5 Å². The van der Waals surface area contributed by atoms with Gasteiger partial charge < -0.3 is 9.80 Å². The number of hydrogen-bond donors (Lipinski definition) is 1. The molecule has 0 aromatic heterocycles. The highest BCUT2D eigenvalue weighted by atomic mass is 32.2. The Balaban J connectivity index is 1.66. The Bertz CT molecular complexity index is 922. The van der Waals surface area contributed by atoms with Gasteiger partial charge in [0.2, 0.25) is 15.9 Å². The van der Waals surface area contributed by atoms with Crippen molar-refractivity contribution in [3.8, 4) is 0 Å². The van der Waals surface area contributed by atoms with Gasteiger partial charge in [-0.25, -0.2) is 17.5 Å². The fraction of sp³-hybridized carbons (Fsp3) is 0.625. The number of rotatable bonds is 7. The highest BCUT2D eigenvalue weighted by molar-refractivity contribution is 7.89. The molecule has 1 aliphatic carbocycles. The van der Waals surface area contributed by atoms with Crippen LogP contribution in [-0.2, 0) is 14.8 Å². The van der Waals surface area contributed by atoms with Crippen LogP contribution in [0, 0.1) is 29.5 Å². The number of carbonyl (C=O) groups excluding carboxylic acids is 1. The molecule has 1 amide bonds. The molecule has 1 fully saturated rings. The van der Waals surface area contributed by atoms with Crippen LogP contribution in [0.15, 0.2) is 40.8 Å². The zero-order valence-electron chi connectivity index (χ0n) is 19.6. The van der Waals surface area contributed by atoms with E-state index in [9.17, 15) is 17.6 Å². The van der Waals surface area contributed by atoms with Crippen LogP contribution in [0.5, 0.6) is 0 Å². The van der Waals surface area contributed by atoms with Gasteiger partial charge in [0.15, 0.2) is 0 Å². The maximum Gasteiger partial charge on any atom is 0.240 e. The van der Waals surface area contributed by atoms with E-state index < -0.39 is 15.8 Å². The molecule has 1 saturated heterocycles. The van der Waals surface area contributed by atoms with Crippen molar-refractivity contribution in [3.05, 3.63) is 41.7 Å². The molecule has 3 rings (SSSR count). The number of likely N-dealkylation sites (N-methyl/N-ethyl adjacent to an activating group) is 1. The van der Waals surface area contributed by atoms with Crippen molar-refractivity contribution in [3.63, 3.8) is 0 Å². The van der Waals surface area contributed by atoms with Gasteiger partial charge in [-0.15, -0.1) is 0 Å². The molecular formula is C24H36FN3O3S. The van der Waals surface area contributed by atoms with Crippen LogP contribution < -0.4 is 4.72 Å². The summed E-state index contributed by atoms with van der Waals surface area (Å²) >= 11 is 0. The number of nitrogens with zero attached hydrogens (tertiary/aromatic N) is 2. The summed E-state index contributed by atoms with van der Waals surface area (Å²) in [6.45, 7) is 10.0. The average molecular weight is 466 g/mol. The van der Waals surface area contributed by atoms with Crippen LogP contribution in [-0.4, -0.2) is 63.9 Å². The first kappa shape index (κ1) is 24.9. The summed E-state index contributed by atoms with van der Waals surface area (Å²) in [5, 5.41) is 0. The van der Waals surface area contributed by atoms with Crippen molar-refractivity contribution >= 4 is 15.9 Å². The third kappa shape index (κ3) is 6.17. The molecule has 1 aromatic carbocycles. The zero-order valence-corrected chi connectivity index (χ0v) is 20.4. The van der Waals surface area contributed by atoms with E-state index in [0.29, 0.717) is 18.9 Å². The van der Waals surface area contributed by atoms with Crippen LogP contribution in [0.1, 0.15) is 33.6 Å². The van der Waals surface area contributed by atoms with Crippen molar-refractivity contribution in [2.24, 2.45) is 23.7 Å². The number of allylic oxidation sites excluding steroid dienone is 1. The molecule has 8 heteroatoms. The summed E-state index contributed by atoms with van der Waals surface area (Å²) in [5.41, 5.74) is 1.16. The number of carbonyl (C=O) groups is 1. The third-order valence-electron chi connectivity index (χ3n) is 6.99. The number of piperazine rings is 1. The third-order valence-corrected chi connectivity index (χ3v) is 8.43. The normalized spacial score (nSPS) is 25.1. The van der Waals surface area contributed by atoms with Gasteiger partial charge in [0, 0.05) is 39.1 Å². The highest BCUT2D eigenvalue weighted by Gasteiger charge is 2.34. The fourth-order valence-corrected chi connectivity index (χ4v) is 5.88. The van der Waals surface area contributed by atoms with Crippen molar-refractivity contribution < 1.29 is 17.6 Å². The molecule has 0 unspecified atom stereocenters. The molecule has 2 aliphatic rings. The predicted octanol–water partition coefficient (Wildman–Crippen LogP) is 3.12. The summed E-state index contributed by atoms with van der Waals surface area (Å²) in [4.78, 5) is 17.1. The van der Waals surface area contributed by atoms with Gasteiger partial charge in [-0.05, 0) is 68.3 Å². The minimum atomic E-state index is -3.71. The molecule has 32 heavy (non-hydrogen) atoms. The standard InChI is InChI=1S/C24H36FN3O3S/c1-17(2)23-14-19(15-24(29)28-11-9-27(4)10-12-28)18(3)13-20(23)16-26-32(30,31)22-7-5-21(25)6-8-22/h5-8,13,17,19-20,23,26H,9-12,14-16H2,1-4H3/t19-,20-,23-/m0/s1. The lowest BCUT2D eigenvalue weighted by atomic mass is 9.70. The summed E-state index contributed by atoms with van der Waals surface area (Å²) in [6, 6.07) is 4.86. The minimum absolute atomic E-state index is 0.0558. The molecular weight excluding hydrogens is 429 g/mol. The molecule has 178 valence electrons. The fourth-order valence-electron chi connectivity index (χ4n) is 4.81. The van der Waals surface area contributed by atoms with Gasteiger partial charge in [0.1, 0.15) is 5.82 Å². The van der Waals surface area contributed by atoms with Gasteiger partial charge in [-0.2, -0.15) is 0 Å². The van der Waals surface area contributed by atoms with Crippen LogP contribution in [0.4, 0.5) is 4.39 Å². The first-order valence-corrected chi connectivity index (χ1v) is 12.9. The number of sulfonamides is 1. The Hall–Kier alpha value is -1.77. The molecule has 0 bridgehead atoms. The Morgan fingerprint density at radius 2 is 1.78 bits per heavy atom. The van der Waals surface area contributed by atoms with Gasteiger partial charge in [0.05, 0.1) is 4.90 Å². The summed E-state index contributed by atoms with van der Waals surface area (Å²) < 4.78 is 41.1. The molecule has 6 nitrogen and oxygen atoms in total. The average Bonchev–Trinajstić information content (AvgIpc) is 2.74. The van der Waals surface area contributed by atoms with Gasteiger partial charge in [-0.3, -0.25) is 4.79 Å². The van der Waals surface area contributed by atoms with E-state index in [1.54, 1.807) is 0 Å². The quantitative estimate of drug-likeness (QED) is 0.628. The van der Waals surface area contributed by atoms with Crippen LogP contribution in [0.3, 0.4) is 0 Å². The molecule has 0 saturated carbocycles. The first-order valence-electron chi connectivity index (χ1n) is 11.5. The Kier molecular flexibility index (Phi) is 8.11. The topological polar surface area (TPSA) is 69.7 Å². The van der Waals surface area contributed by atoms with E-state index in [2.05, 4.69) is 43.5 Å². The first-order chi connectivity index (χ1) is 15.1. The van der Waals surface area contributed by atoms with Crippen molar-refractivity contribution in [1.82, 2.24) is 14.5 Å². The molecule has 1 heterocycles. The Morgan fingerprint density at radius 1 is 1.16 bits per heavy atom. The Morgan fingerprint density at radius 3 is 2.38 bits per heavy atom. The molecule has 3 atom stereocenters. The van der Waals surface area contributed by atoms with E-state index in [1.165, 1.54) is 12.1 Å². The summed E-state index contributed by atoms with van der Waals surface area (Å²) in [5.74, 6) is 0.640. The number of halogens is 1. The summed E-state index contributed by atoms with van der Waals surface area (Å²) in [6.07, 6.45) is 3.55. The van der Waals surface area contributed by atoms with Gasteiger partial charge in [-0.1, -0.05) is 25.5 Å². The molecule has 1 aromatic rings. The van der Waals surface area contributed by atoms with E-state index in [1.807, 2.05) is 4.90 Å². The lowest BCUT2D eigenvalue weighted by molar-refractivity contribution is -0.133. The molecule has 0 spiro atoms. The Labute approximate surface area is 191 Å². The highest BCUT2D eigenvalue weighted by Crippen LogP contribution is 2.39. The van der Waals surface area contributed by atoms with E-state index in [-0.39, 0.29) is 28.6 Å². The SMILES string of the molecule is CC1=C[C@@H](CNS(=O)(=O)c2ccc(F)cc2)[C@H](C(C)C)C[C@H]1CC(=O)N1CCN(C)CC1. The number of benzene rings is 1. The molecule has 0 radical (unpaired) electrons.